The molecule has 5 nitrogen and oxygen atoms in total. The number of carbonyl (C=O) groups is 1. The van der Waals surface area contributed by atoms with Gasteiger partial charge in [-0.15, -0.1) is 0 Å². The predicted molar refractivity (Wildman–Crippen MR) is 97.3 cm³/mol. The molecule has 25 heavy (non-hydrogen) atoms. The molecule has 2 aromatic rings. The Morgan fingerprint density at radius 3 is 2.52 bits per heavy atom. The van der Waals surface area contributed by atoms with Gasteiger partial charge in [0.2, 0.25) is 0 Å². The summed E-state index contributed by atoms with van der Waals surface area (Å²) in [6, 6.07) is 11.3. The highest BCUT2D eigenvalue weighted by molar-refractivity contribution is 6.29. The Hall–Kier alpha value is -1.98. The van der Waals surface area contributed by atoms with Crippen LogP contribution in [0.5, 0.6) is 11.6 Å². The van der Waals surface area contributed by atoms with E-state index in [1.54, 1.807) is 36.4 Å². The standard InChI is InChI=1S/C19H22ClN3O2/c1-12-18(13-8-10-23(12)11-9-13)22-19(24)14-2-4-15(5-3-14)25-17-7-6-16(20)21-17/h2-7,12-13,18,21H,8-11H2,1H3,(H,22,24)/t12-,18-/m0/s1. The predicted octanol–water partition coefficient (Wildman–Crippen LogP) is 3.67. The van der Waals surface area contributed by atoms with Crippen molar-refractivity contribution in [3.05, 3.63) is 47.1 Å². The van der Waals surface area contributed by atoms with Crippen molar-refractivity contribution >= 4 is 17.5 Å². The molecule has 1 aromatic heterocycles. The van der Waals surface area contributed by atoms with Gasteiger partial charge in [-0.1, -0.05) is 11.6 Å². The van der Waals surface area contributed by atoms with E-state index >= 15 is 0 Å². The zero-order chi connectivity index (χ0) is 17.4. The van der Waals surface area contributed by atoms with Crippen molar-refractivity contribution < 1.29 is 9.53 Å². The number of nitrogens with zero attached hydrogens (tertiary/aromatic N) is 1. The van der Waals surface area contributed by atoms with Crippen LogP contribution in [-0.4, -0.2) is 41.0 Å². The van der Waals surface area contributed by atoms with E-state index in [4.69, 9.17) is 16.3 Å². The Balaban J connectivity index is 1.40. The molecule has 3 aliphatic heterocycles. The van der Waals surface area contributed by atoms with Crippen molar-refractivity contribution in [3.63, 3.8) is 0 Å². The van der Waals surface area contributed by atoms with Crippen LogP contribution in [0.1, 0.15) is 30.1 Å². The first-order valence-corrected chi connectivity index (χ1v) is 9.15. The van der Waals surface area contributed by atoms with E-state index < -0.39 is 0 Å². The molecule has 0 aliphatic carbocycles. The van der Waals surface area contributed by atoms with Gasteiger partial charge in [-0.25, -0.2) is 0 Å². The maximum atomic E-state index is 12.6. The third kappa shape index (κ3) is 3.39. The van der Waals surface area contributed by atoms with Crippen molar-refractivity contribution in [1.29, 1.82) is 0 Å². The van der Waals surface area contributed by atoms with E-state index in [9.17, 15) is 4.79 Å². The summed E-state index contributed by atoms with van der Waals surface area (Å²) in [7, 11) is 0. The van der Waals surface area contributed by atoms with Gasteiger partial charge >= 0.3 is 0 Å². The summed E-state index contributed by atoms with van der Waals surface area (Å²) in [6.45, 7) is 4.54. The van der Waals surface area contributed by atoms with E-state index in [1.165, 1.54) is 12.8 Å². The Morgan fingerprint density at radius 2 is 1.92 bits per heavy atom. The molecule has 0 spiro atoms. The Labute approximate surface area is 152 Å². The van der Waals surface area contributed by atoms with Crippen LogP contribution in [0, 0.1) is 5.92 Å². The van der Waals surface area contributed by atoms with Gasteiger partial charge < -0.3 is 15.0 Å². The molecule has 0 saturated carbocycles. The summed E-state index contributed by atoms with van der Waals surface area (Å²) < 4.78 is 5.66. The Bertz CT molecular complexity index is 748. The minimum absolute atomic E-state index is 0.0138. The molecule has 3 saturated heterocycles. The van der Waals surface area contributed by atoms with E-state index in [0.717, 1.165) is 13.1 Å². The molecule has 132 valence electrons. The number of amides is 1. The van der Waals surface area contributed by atoms with Crippen molar-refractivity contribution in [2.24, 2.45) is 5.92 Å². The number of rotatable bonds is 4. The quantitative estimate of drug-likeness (QED) is 0.875. The number of carbonyl (C=O) groups excluding carboxylic acids is 1. The Morgan fingerprint density at radius 1 is 1.20 bits per heavy atom. The lowest BCUT2D eigenvalue weighted by molar-refractivity contribution is 0.0217. The van der Waals surface area contributed by atoms with Gasteiger partial charge in [0, 0.05) is 23.7 Å². The number of hydrogen-bond donors (Lipinski definition) is 2. The van der Waals surface area contributed by atoms with Gasteiger partial charge in [0.05, 0.1) is 0 Å². The van der Waals surface area contributed by atoms with E-state index in [0.29, 0.717) is 34.3 Å². The zero-order valence-corrected chi connectivity index (χ0v) is 14.9. The first kappa shape index (κ1) is 16.5. The summed E-state index contributed by atoms with van der Waals surface area (Å²) in [6.07, 6.45) is 2.36. The molecule has 2 atom stereocenters. The van der Waals surface area contributed by atoms with E-state index in [1.807, 2.05) is 0 Å². The lowest BCUT2D eigenvalue weighted by atomic mass is 9.79. The summed E-state index contributed by atoms with van der Waals surface area (Å²) in [5, 5.41) is 3.77. The van der Waals surface area contributed by atoms with Crippen molar-refractivity contribution in [2.45, 2.75) is 31.8 Å². The smallest absolute Gasteiger partial charge is 0.251 e. The van der Waals surface area contributed by atoms with Crippen LogP contribution in [0.25, 0.3) is 0 Å². The molecule has 1 amide bonds. The highest BCUT2D eigenvalue weighted by Crippen LogP contribution is 2.32. The number of nitrogens with one attached hydrogen (secondary N) is 2. The topological polar surface area (TPSA) is 57.4 Å². The molecule has 0 radical (unpaired) electrons. The Kier molecular flexibility index (Phi) is 4.44. The number of H-pyrrole nitrogens is 1. The van der Waals surface area contributed by atoms with Crippen LogP contribution in [0.2, 0.25) is 5.15 Å². The molecular formula is C19H22ClN3O2. The molecule has 6 heteroatoms. The normalized spacial score (nSPS) is 27.9. The SMILES string of the molecule is C[C@H]1[C@H](NC(=O)c2ccc(Oc3ccc(Cl)[nH]3)cc2)C2CCN1CC2. The number of piperidine rings is 3. The summed E-state index contributed by atoms with van der Waals surface area (Å²) in [5.74, 6) is 1.82. The first-order chi connectivity index (χ1) is 12.1. The van der Waals surface area contributed by atoms with E-state index in [2.05, 4.69) is 22.1 Å². The maximum absolute atomic E-state index is 12.6. The second kappa shape index (κ2) is 6.73. The summed E-state index contributed by atoms with van der Waals surface area (Å²) >= 11 is 5.83. The molecule has 5 rings (SSSR count). The average molecular weight is 360 g/mol. The highest BCUT2D eigenvalue weighted by atomic mass is 35.5. The molecule has 3 aliphatic rings. The van der Waals surface area contributed by atoms with E-state index in [-0.39, 0.29) is 11.9 Å². The number of aromatic amines is 1. The van der Waals surface area contributed by atoms with Crippen molar-refractivity contribution in [3.8, 4) is 11.6 Å². The molecule has 1 aromatic carbocycles. The first-order valence-electron chi connectivity index (χ1n) is 8.77. The van der Waals surface area contributed by atoms with Gasteiger partial charge in [-0.2, -0.15) is 0 Å². The van der Waals surface area contributed by atoms with Crippen LogP contribution < -0.4 is 10.1 Å². The fraction of sp³-hybridized carbons (Fsp3) is 0.421. The van der Waals surface area contributed by atoms with Gasteiger partial charge in [0.1, 0.15) is 10.9 Å². The second-order valence-corrected chi connectivity index (χ2v) is 7.32. The number of aromatic nitrogens is 1. The number of benzene rings is 1. The monoisotopic (exact) mass is 359 g/mol. The molecule has 4 heterocycles. The van der Waals surface area contributed by atoms with Crippen LogP contribution in [-0.2, 0) is 0 Å². The van der Waals surface area contributed by atoms with Crippen LogP contribution in [0.4, 0.5) is 0 Å². The summed E-state index contributed by atoms with van der Waals surface area (Å²) in [4.78, 5) is 18.0. The lowest BCUT2D eigenvalue weighted by Crippen LogP contribution is -2.62. The largest absolute Gasteiger partial charge is 0.441 e. The number of fused-ring (bicyclic) bond motifs is 3. The number of halogens is 1. The third-order valence-electron chi connectivity index (χ3n) is 5.44. The fourth-order valence-electron chi connectivity index (χ4n) is 3.99. The van der Waals surface area contributed by atoms with Crippen LogP contribution in [0.15, 0.2) is 36.4 Å². The van der Waals surface area contributed by atoms with Gasteiger partial charge in [0.15, 0.2) is 5.88 Å². The molecular weight excluding hydrogens is 338 g/mol. The van der Waals surface area contributed by atoms with Gasteiger partial charge in [-0.3, -0.25) is 9.69 Å². The molecule has 2 N–H and O–H groups in total. The lowest BCUT2D eigenvalue weighted by Gasteiger charge is -2.49. The number of ether oxygens (including phenoxy) is 1. The van der Waals surface area contributed by atoms with Crippen molar-refractivity contribution in [1.82, 2.24) is 15.2 Å². The van der Waals surface area contributed by atoms with Crippen LogP contribution >= 0.6 is 11.6 Å². The van der Waals surface area contributed by atoms with Crippen LogP contribution in [0.3, 0.4) is 0 Å². The third-order valence-corrected chi connectivity index (χ3v) is 5.66. The number of hydrogen-bond acceptors (Lipinski definition) is 3. The molecule has 3 fully saturated rings. The minimum Gasteiger partial charge on any atom is -0.441 e. The fourth-order valence-corrected chi connectivity index (χ4v) is 4.15. The second-order valence-electron chi connectivity index (χ2n) is 6.91. The summed E-state index contributed by atoms with van der Waals surface area (Å²) in [5.41, 5.74) is 0.653. The zero-order valence-electron chi connectivity index (χ0n) is 14.2. The molecule has 2 bridgehead atoms. The minimum atomic E-state index is -0.0138. The van der Waals surface area contributed by atoms with Gasteiger partial charge in [0.25, 0.3) is 5.91 Å². The average Bonchev–Trinajstić information content (AvgIpc) is 3.04. The van der Waals surface area contributed by atoms with Gasteiger partial charge in [-0.05, 0) is 69.1 Å². The maximum Gasteiger partial charge on any atom is 0.251 e. The highest BCUT2D eigenvalue weighted by Gasteiger charge is 2.40. The van der Waals surface area contributed by atoms with Crippen molar-refractivity contribution in [2.75, 3.05) is 13.1 Å². The molecule has 0 unspecified atom stereocenters.